The van der Waals surface area contributed by atoms with E-state index in [-0.39, 0.29) is 9.34 Å². The normalized spacial score (nSPS) is 11.8. The third-order valence-corrected chi connectivity index (χ3v) is 5.72. The zero-order chi connectivity index (χ0) is 14.8. The summed E-state index contributed by atoms with van der Waals surface area (Å²) in [6.07, 6.45) is 4.97. The predicted octanol–water partition coefficient (Wildman–Crippen LogP) is 1.81. The number of carbonyl (C=O) groups is 1. The van der Waals surface area contributed by atoms with E-state index in [1.165, 1.54) is 18.5 Å². The number of aliphatic carboxylic acids is 1. The molecule has 0 radical (unpaired) electrons. The first-order chi connectivity index (χ1) is 9.37. The molecule has 0 aromatic carbocycles. The largest absolute Gasteiger partial charge is 0.478 e. The second kappa shape index (κ2) is 5.69. The molecule has 2 aromatic heterocycles. The Hall–Kier alpha value is -1.78. The van der Waals surface area contributed by atoms with Crippen molar-refractivity contribution in [2.75, 3.05) is 4.72 Å². The number of anilines is 1. The van der Waals surface area contributed by atoms with Crippen molar-refractivity contribution in [1.29, 1.82) is 0 Å². The van der Waals surface area contributed by atoms with E-state index in [9.17, 15) is 13.2 Å². The summed E-state index contributed by atoms with van der Waals surface area (Å²) < 4.78 is 26.4. The van der Waals surface area contributed by atoms with Gasteiger partial charge in [-0.25, -0.2) is 23.2 Å². The molecular formula is C10H9N3O4S3. The standard InChI is InChI=1S/C10H9N3O4S3/c1-6-11-5-9(18-6)20(16,17)13-10-12-4-7(19-10)2-3-8(14)15/h2-5H,1H3,(H,12,13)(H,14,15)/b3-2+. The average molecular weight is 331 g/mol. The lowest BCUT2D eigenvalue weighted by Gasteiger charge is -2.00. The molecule has 0 unspecified atom stereocenters. The molecule has 0 saturated carbocycles. The summed E-state index contributed by atoms with van der Waals surface area (Å²) in [6.45, 7) is 1.71. The number of aryl methyl sites for hydroxylation is 1. The summed E-state index contributed by atoms with van der Waals surface area (Å²) in [5.41, 5.74) is 0. The maximum Gasteiger partial charge on any atom is 0.328 e. The highest BCUT2D eigenvalue weighted by Crippen LogP contribution is 2.25. The van der Waals surface area contributed by atoms with Crippen LogP contribution in [0.15, 0.2) is 22.7 Å². The van der Waals surface area contributed by atoms with E-state index in [1.54, 1.807) is 6.92 Å². The third kappa shape index (κ3) is 3.62. The van der Waals surface area contributed by atoms with Gasteiger partial charge in [0, 0.05) is 17.2 Å². The lowest BCUT2D eigenvalue weighted by Crippen LogP contribution is -2.11. The van der Waals surface area contributed by atoms with Gasteiger partial charge in [0.15, 0.2) is 9.34 Å². The molecule has 7 nitrogen and oxygen atoms in total. The zero-order valence-corrected chi connectivity index (χ0v) is 12.6. The number of hydrogen-bond acceptors (Lipinski definition) is 7. The molecule has 0 aliphatic heterocycles. The summed E-state index contributed by atoms with van der Waals surface area (Å²) in [7, 11) is -3.70. The Labute approximate surface area is 122 Å². The summed E-state index contributed by atoms with van der Waals surface area (Å²) in [5, 5.41) is 9.31. The molecule has 0 fully saturated rings. The van der Waals surface area contributed by atoms with Crippen molar-refractivity contribution in [2.45, 2.75) is 11.1 Å². The number of carboxylic acid groups (broad SMARTS) is 1. The predicted molar refractivity (Wildman–Crippen MR) is 76.4 cm³/mol. The van der Waals surface area contributed by atoms with Gasteiger partial charge in [-0.3, -0.25) is 4.72 Å². The molecule has 0 aliphatic carbocycles. The van der Waals surface area contributed by atoms with Gasteiger partial charge < -0.3 is 5.11 Å². The molecule has 106 valence electrons. The maximum atomic E-state index is 12.0. The summed E-state index contributed by atoms with van der Waals surface area (Å²) in [4.78, 5) is 18.7. The number of nitrogens with zero attached hydrogens (tertiary/aromatic N) is 2. The van der Waals surface area contributed by atoms with Crippen LogP contribution in [0.2, 0.25) is 0 Å². The number of sulfonamides is 1. The van der Waals surface area contributed by atoms with Gasteiger partial charge in [0.25, 0.3) is 10.0 Å². The Morgan fingerprint density at radius 3 is 2.70 bits per heavy atom. The fourth-order valence-corrected chi connectivity index (χ4v) is 4.26. The van der Waals surface area contributed by atoms with Crippen molar-refractivity contribution in [3.05, 3.63) is 28.4 Å². The molecule has 2 rings (SSSR count). The van der Waals surface area contributed by atoms with Crippen LogP contribution >= 0.6 is 22.7 Å². The highest BCUT2D eigenvalue weighted by molar-refractivity contribution is 7.94. The molecule has 0 amide bonds. The number of rotatable bonds is 5. The van der Waals surface area contributed by atoms with E-state index in [1.807, 2.05) is 0 Å². The number of aromatic nitrogens is 2. The Balaban J connectivity index is 2.16. The fraction of sp³-hybridized carbons (Fsp3) is 0.100. The van der Waals surface area contributed by atoms with Crippen molar-refractivity contribution >= 4 is 49.9 Å². The molecule has 0 atom stereocenters. The van der Waals surface area contributed by atoms with Crippen molar-refractivity contribution in [3.63, 3.8) is 0 Å². The van der Waals surface area contributed by atoms with E-state index in [0.29, 0.717) is 9.88 Å². The van der Waals surface area contributed by atoms with Gasteiger partial charge in [0.05, 0.1) is 11.2 Å². The number of carboxylic acids is 1. The average Bonchev–Trinajstić information content (AvgIpc) is 2.95. The Morgan fingerprint density at radius 1 is 1.35 bits per heavy atom. The Kier molecular flexibility index (Phi) is 4.16. The smallest absolute Gasteiger partial charge is 0.328 e. The van der Waals surface area contributed by atoms with Crippen LogP contribution in [0.1, 0.15) is 9.88 Å². The second-order valence-electron chi connectivity index (χ2n) is 3.54. The van der Waals surface area contributed by atoms with Gasteiger partial charge >= 0.3 is 5.97 Å². The van der Waals surface area contributed by atoms with Crippen LogP contribution in [0.25, 0.3) is 6.08 Å². The van der Waals surface area contributed by atoms with Gasteiger partial charge in [-0.2, -0.15) is 0 Å². The van der Waals surface area contributed by atoms with Gasteiger partial charge in [-0.15, -0.1) is 11.3 Å². The van der Waals surface area contributed by atoms with Crippen molar-refractivity contribution < 1.29 is 18.3 Å². The van der Waals surface area contributed by atoms with E-state index >= 15 is 0 Å². The summed E-state index contributed by atoms with van der Waals surface area (Å²) >= 11 is 2.09. The molecule has 10 heteroatoms. The molecular weight excluding hydrogens is 322 g/mol. The van der Waals surface area contributed by atoms with Gasteiger partial charge in [0.2, 0.25) is 0 Å². The van der Waals surface area contributed by atoms with Gasteiger partial charge in [-0.1, -0.05) is 11.3 Å². The van der Waals surface area contributed by atoms with E-state index in [4.69, 9.17) is 5.11 Å². The first-order valence-electron chi connectivity index (χ1n) is 5.19. The minimum Gasteiger partial charge on any atom is -0.478 e. The number of hydrogen-bond donors (Lipinski definition) is 2. The first kappa shape index (κ1) is 14.6. The van der Waals surface area contributed by atoms with E-state index < -0.39 is 16.0 Å². The highest BCUT2D eigenvalue weighted by atomic mass is 32.2. The van der Waals surface area contributed by atoms with Crippen LogP contribution in [0.4, 0.5) is 5.13 Å². The van der Waals surface area contributed by atoms with Crippen molar-refractivity contribution in [2.24, 2.45) is 0 Å². The molecule has 0 bridgehead atoms. The first-order valence-corrected chi connectivity index (χ1v) is 8.30. The second-order valence-corrected chi connectivity index (χ2v) is 7.75. The molecule has 0 saturated heterocycles. The van der Waals surface area contributed by atoms with Gasteiger partial charge in [-0.05, 0) is 13.0 Å². The quantitative estimate of drug-likeness (QED) is 0.809. The third-order valence-electron chi connectivity index (χ3n) is 2.00. The van der Waals surface area contributed by atoms with Crippen molar-refractivity contribution in [3.8, 4) is 0 Å². The minimum absolute atomic E-state index is 0.104. The maximum absolute atomic E-state index is 12.0. The van der Waals surface area contributed by atoms with Crippen LogP contribution in [0.5, 0.6) is 0 Å². The summed E-state index contributed by atoms with van der Waals surface area (Å²) in [5.74, 6) is -1.08. The molecule has 20 heavy (non-hydrogen) atoms. The van der Waals surface area contributed by atoms with Gasteiger partial charge in [0.1, 0.15) is 0 Å². The van der Waals surface area contributed by atoms with Crippen LogP contribution < -0.4 is 4.72 Å². The Morgan fingerprint density at radius 2 is 2.10 bits per heavy atom. The topological polar surface area (TPSA) is 109 Å². The molecule has 2 heterocycles. The minimum atomic E-state index is -3.70. The molecule has 0 aliphatic rings. The summed E-state index contributed by atoms with van der Waals surface area (Å²) in [6, 6.07) is 0. The monoisotopic (exact) mass is 331 g/mol. The van der Waals surface area contributed by atoms with E-state index in [2.05, 4.69) is 14.7 Å². The Bertz CT molecular complexity index is 760. The fourth-order valence-electron chi connectivity index (χ4n) is 1.20. The van der Waals surface area contributed by atoms with Crippen LogP contribution in [0, 0.1) is 6.92 Å². The lowest BCUT2D eigenvalue weighted by molar-refractivity contribution is -0.131. The molecule has 2 aromatic rings. The molecule has 0 spiro atoms. The van der Waals surface area contributed by atoms with Crippen LogP contribution in [-0.4, -0.2) is 29.5 Å². The van der Waals surface area contributed by atoms with Crippen molar-refractivity contribution in [1.82, 2.24) is 9.97 Å². The molecule has 2 N–H and O–H groups in total. The number of thiazole rings is 2. The van der Waals surface area contributed by atoms with Crippen LogP contribution in [0.3, 0.4) is 0 Å². The highest BCUT2D eigenvalue weighted by Gasteiger charge is 2.18. The van der Waals surface area contributed by atoms with E-state index in [0.717, 1.165) is 28.7 Å². The van der Waals surface area contributed by atoms with Crippen LogP contribution in [-0.2, 0) is 14.8 Å². The zero-order valence-electron chi connectivity index (χ0n) is 10.1. The number of nitrogens with one attached hydrogen (secondary N) is 1. The lowest BCUT2D eigenvalue weighted by atomic mass is 10.4. The SMILES string of the molecule is Cc1ncc(S(=O)(=O)Nc2ncc(/C=C/C(=O)O)s2)s1.